The van der Waals surface area contributed by atoms with E-state index in [0.29, 0.717) is 22.9 Å². The second kappa shape index (κ2) is 21.5. The Bertz CT molecular complexity index is 1670. The summed E-state index contributed by atoms with van der Waals surface area (Å²) in [7, 11) is 0. The molecule has 18 nitrogen and oxygen atoms in total. The maximum atomic E-state index is 13.8. The number of carboxylic acid groups (broad SMARTS) is 1. The number of H-pyrrole nitrogens is 1. The van der Waals surface area contributed by atoms with Crippen LogP contribution in [0.4, 0.5) is 0 Å². The number of benzene rings is 1. The number of nitrogens with two attached hydrogens (primary N) is 1. The highest BCUT2D eigenvalue weighted by atomic mass is 32.1. The molecule has 19 heteroatoms. The molecule has 0 aliphatic carbocycles. The summed E-state index contributed by atoms with van der Waals surface area (Å²) in [4.78, 5) is 106. The number of para-hydroxylation sites is 1. The number of hydrogen-bond donors (Lipinski definition) is 11. The summed E-state index contributed by atoms with van der Waals surface area (Å²) in [5.41, 5.74) is 6.53. The normalized spacial score (nSPS) is 15.0. The number of rotatable bonds is 22. The van der Waals surface area contributed by atoms with Gasteiger partial charge in [0.15, 0.2) is 0 Å². The maximum absolute atomic E-state index is 13.8. The van der Waals surface area contributed by atoms with Gasteiger partial charge in [0, 0.05) is 36.2 Å². The molecule has 1 aromatic carbocycles. The van der Waals surface area contributed by atoms with E-state index in [-0.39, 0.29) is 24.5 Å². The number of aromatic nitrogens is 1. The topological polar surface area (TPSA) is 291 Å². The minimum absolute atomic E-state index is 0.0224. The van der Waals surface area contributed by atoms with Gasteiger partial charge < -0.3 is 52.8 Å². The molecular formula is C35H52N8O10S. The largest absolute Gasteiger partial charge is 0.481 e. The van der Waals surface area contributed by atoms with Crippen LogP contribution in [-0.4, -0.2) is 111 Å². The van der Waals surface area contributed by atoms with Crippen molar-refractivity contribution in [2.24, 2.45) is 17.6 Å². The van der Waals surface area contributed by atoms with E-state index in [2.05, 4.69) is 49.5 Å². The molecule has 0 aliphatic rings. The van der Waals surface area contributed by atoms with Crippen molar-refractivity contribution in [1.29, 1.82) is 0 Å². The number of aliphatic carboxylic acids is 1. The summed E-state index contributed by atoms with van der Waals surface area (Å²) in [6, 6.07) is -1.18. The summed E-state index contributed by atoms with van der Waals surface area (Å²) in [6.07, 6.45) is 1.22. The van der Waals surface area contributed by atoms with Crippen molar-refractivity contribution in [1.82, 2.24) is 36.9 Å². The molecule has 7 atom stereocenters. The van der Waals surface area contributed by atoms with Gasteiger partial charge in [0.05, 0.1) is 13.0 Å². The monoisotopic (exact) mass is 776 g/mol. The molecule has 0 bridgehead atoms. The number of aromatic amines is 1. The van der Waals surface area contributed by atoms with E-state index in [1.165, 1.54) is 6.92 Å². The third kappa shape index (κ3) is 13.7. The van der Waals surface area contributed by atoms with E-state index in [0.717, 1.165) is 0 Å². The summed E-state index contributed by atoms with van der Waals surface area (Å²) < 4.78 is 0. The van der Waals surface area contributed by atoms with Crippen LogP contribution in [0.1, 0.15) is 59.4 Å². The van der Waals surface area contributed by atoms with Gasteiger partial charge in [-0.1, -0.05) is 52.3 Å². The lowest BCUT2D eigenvalue weighted by molar-refractivity contribution is -0.141. The number of carboxylic acids is 1. The van der Waals surface area contributed by atoms with Crippen LogP contribution in [0.2, 0.25) is 0 Å². The molecule has 2 aromatic rings. The number of aliphatic hydroxyl groups is 1. The van der Waals surface area contributed by atoms with Gasteiger partial charge in [-0.25, -0.2) is 0 Å². The minimum Gasteiger partial charge on any atom is -0.481 e. The second-order valence-corrected chi connectivity index (χ2v) is 13.8. The molecule has 54 heavy (non-hydrogen) atoms. The number of aliphatic hydroxyl groups excluding tert-OH is 1. The van der Waals surface area contributed by atoms with Crippen molar-refractivity contribution in [3.63, 3.8) is 0 Å². The Kier molecular flexibility index (Phi) is 17.9. The molecule has 0 saturated heterocycles. The minimum atomic E-state index is -1.72. The van der Waals surface area contributed by atoms with Crippen LogP contribution in [0, 0.1) is 11.8 Å². The zero-order valence-corrected chi connectivity index (χ0v) is 31.8. The van der Waals surface area contributed by atoms with Gasteiger partial charge in [-0.05, 0) is 29.9 Å². The van der Waals surface area contributed by atoms with E-state index >= 15 is 0 Å². The highest BCUT2D eigenvalue weighted by Gasteiger charge is 2.35. The fraction of sp³-hybridized carbons (Fsp3) is 0.543. The van der Waals surface area contributed by atoms with Crippen molar-refractivity contribution in [2.75, 3.05) is 12.4 Å². The second-order valence-electron chi connectivity index (χ2n) is 13.4. The Hall–Kier alpha value is -5.17. The summed E-state index contributed by atoms with van der Waals surface area (Å²) in [5.74, 6) is -7.99. The first-order valence-electron chi connectivity index (χ1n) is 17.5. The molecule has 0 radical (unpaired) electrons. The van der Waals surface area contributed by atoms with Crippen molar-refractivity contribution in [2.45, 2.75) is 96.6 Å². The number of hydrogen-bond acceptors (Lipinski definition) is 10. The molecule has 0 fully saturated rings. The van der Waals surface area contributed by atoms with E-state index in [1.807, 2.05) is 13.8 Å². The molecule has 2 rings (SSSR count). The molecule has 0 saturated carbocycles. The smallest absolute Gasteiger partial charge is 0.305 e. The molecule has 7 amide bonds. The zero-order chi connectivity index (χ0) is 40.7. The number of carbonyl (C=O) groups is 8. The van der Waals surface area contributed by atoms with Crippen molar-refractivity contribution < 1.29 is 48.6 Å². The van der Waals surface area contributed by atoms with Gasteiger partial charge in [-0.2, -0.15) is 12.6 Å². The zero-order valence-electron chi connectivity index (χ0n) is 30.9. The average Bonchev–Trinajstić information content (AvgIpc) is 3.51. The Labute approximate surface area is 318 Å². The highest BCUT2D eigenvalue weighted by Crippen LogP contribution is 2.19. The first-order chi connectivity index (χ1) is 25.4. The molecule has 11 N–H and O–H groups in total. The third-order valence-corrected chi connectivity index (χ3v) is 8.96. The number of thiol groups is 1. The Balaban J connectivity index is 2.39. The number of nitrogens with one attached hydrogen (secondary N) is 7. The van der Waals surface area contributed by atoms with Crippen LogP contribution in [0.25, 0.3) is 10.9 Å². The van der Waals surface area contributed by atoms with Crippen LogP contribution < -0.4 is 37.6 Å². The predicted octanol–water partition coefficient (Wildman–Crippen LogP) is -1.39. The standard InChI is InChI=1S/C35H52N8O10S/c1-6-18(4)29(43-33(51)23(11-17(2)3)38-19(5)45)35(53)41-26(15-44)34(52)39-24(12-20-14-37-22-10-8-7-9-21(20)22)31(49)40-25(13-28(46)47)32(50)42-27(16-54)30(36)48/h7-10,14,17-18,23-27,29,37,44,54H,6,11-13,15-16H2,1-5H3,(H2,36,48)(H,38,45)(H,39,52)(H,40,49)(H,41,53)(H,42,50)(H,43,51)(H,46,47)/t18-,23-,24-,25-,26-,27-,29-/m0/s1. The van der Waals surface area contributed by atoms with Gasteiger partial charge in [0.25, 0.3) is 0 Å². The predicted molar refractivity (Wildman–Crippen MR) is 201 cm³/mol. The number of carbonyl (C=O) groups excluding carboxylic acids is 7. The lowest BCUT2D eigenvalue weighted by Gasteiger charge is -2.29. The third-order valence-electron chi connectivity index (χ3n) is 8.60. The van der Waals surface area contributed by atoms with Crippen molar-refractivity contribution in [3.05, 3.63) is 36.0 Å². The van der Waals surface area contributed by atoms with Crippen LogP contribution in [0.15, 0.2) is 30.5 Å². The summed E-state index contributed by atoms with van der Waals surface area (Å²) in [6.45, 7) is 7.54. The van der Waals surface area contributed by atoms with E-state index in [9.17, 15) is 48.6 Å². The Morgan fingerprint density at radius 1 is 0.778 bits per heavy atom. The van der Waals surface area contributed by atoms with Crippen LogP contribution in [0.5, 0.6) is 0 Å². The Morgan fingerprint density at radius 2 is 1.33 bits per heavy atom. The number of primary amides is 1. The molecule has 1 heterocycles. The number of amides is 7. The van der Waals surface area contributed by atoms with Crippen molar-refractivity contribution >= 4 is 70.9 Å². The quantitative estimate of drug-likeness (QED) is 0.0623. The lowest BCUT2D eigenvalue weighted by atomic mass is 9.96. The van der Waals surface area contributed by atoms with Gasteiger partial charge in [-0.3, -0.25) is 38.4 Å². The molecule has 0 unspecified atom stereocenters. The van der Waals surface area contributed by atoms with Gasteiger partial charge >= 0.3 is 5.97 Å². The van der Waals surface area contributed by atoms with Crippen LogP contribution in [-0.2, 0) is 44.8 Å². The SMILES string of the molecule is CC[C@H](C)[C@H](NC(=O)[C@H](CC(C)C)NC(C)=O)C(=O)N[C@@H](CO)C(=O)N[C@@H](Cc1c[nH]c2ccccc12)C(=O)N[C@@H](CC(=O)O)C(=O)N[C@@H](CS)C(N)=O. The molecule has 0 aliphatic heterocycles. The number of fused-ring (bicyclic) bond motifs is 1. The fourth-order valence-electron chi connectivity index (χ4n) is 5.50. The van der Waals surface area contributed by atoms with Crippen LogP contribution >= 0.6 is 12.6 Å². The Morgan fingerprint density at radius 3 is 1.89 bits per heavy atom. The maximum Gasteiger partial charge on any atom is 0.305 e. The summed E-state index contributed by atoms with van der Waals surface area (Å²) >= 11 is 3.96. The first-order valence-corrected chi connectivity index (χ1v) is 18.1. The first kappa shape index (κ1) is 45.0. The van der Waals surface area contributed by atoms with Crippen molar-refractivity contribution in [3.8, 4) is 0 Å². The molecule has 0 spiro atoms. The molecule has 1 aromatic heterocycles. The molecular weight excluding hydrogens is 724 g/mol. The van der Waals surface area contributed by atoms with E-state index < -0.39 is 103 Å². The molecule has 298 valence electrons. The van der Waals surface area contributed by atoms with Gasteiger partial charge in [-0.15, -0.1) is 0 Å². The van der Waals surface area contributed by atoms with E-state index in [1.54, 1.807) is 44.3 Å². The summed E-state index contributed by atoms with van der Waals surface area (Å²) in [5, 5.41) is 35.1. The van der Waals surface area contributed by atoms with Gasteiger partial charge in [0.2, 0.25) is 41.4 Å². The fourth-order valence-corrected chi connectivity index (χ4v) is 5.77. The highest BCUT2D eigenvalue weighted by molar-refractivity contribution is 7.80. The average molecular weight is 777 g/mol. The van der Waals surface area contributed by atoms with E-state index in [4.69, 9.17) is 5.73 Å². The van der Waals surface area contributed by atoms with Crippen LogP contribution in [0.3, 0.4) is 0 Å². The lowest BCUT2D eigenvalue weighted by Crippen LogP contribution is -2.61. The van der Waals surface area contributed by atoms with Gasteiger partial charge in [0.1, 0.15) is 36.3 Å².